The summed E-state index contributed by atoms with van der Waals surface area (Å²) in [4.78, 5) is 8.88. The lowest BCUT2D eigenvalue weighted by molar-refractivity contribution is 0.311. The summed E-state index contributed by atoms with van der Waals surface area (Å²) in [6, 6.07) is 9.73. The molecule has 142 valence electrons. The first-order chi connectivity index (χ1) is 13.0. The third kappa shape index (κ3) is 5.14. The van der Waals surface area contributed by atoms with E-state index in [1.165, 1.54) is 12.1 Å². The van der Waals surface area contributed by atoms with Gasteiger partial charge in [-0.3, -0.25) is 5.10 Å². The number of nitrogens with zero attached hydrogens (tertiary/aromatic N) is 3. The van der Waals surface area contributed by atoms with E-state index in [0.29, 0.717) is 29.9 Å². The van der Waals surface area contributed by atoms with Gasteiger partial charge in [-0.1, -0.05) is 12.1 Å². The molecule has 0 spiro atoms. The third-order valence-electron chi connectivity index (χ3n) is 3.82. The number of rotatable bonds is 8. The molecular formula is C18H22FN7O. The van der Waals surface area contributed by atoms with Crippen LogP contribution in [-0.2, 0) is 0 Å². The molecule has 2 heterocycles. The molecule has 1 atom stereocenters. The van der Waals surface area contributed by atoms with E-state index in [-0.39, 0.29) is 18.5 Å². The number of aromatic nitrogens is 4. The second-order valence-electron chi connectivity index (χ2n) is 6.09. The third-order valence-corrected chi connectivity index (χ3v) is 3.82. The molecule has 1 aromatic carbocycles. The number of hydrogen-bond donors (Lipinski definition) is 5. The van der Waals surface area contributed by atoms with Gasteiger partial charge in [0.1, 0.15) is 17.5 Å². The lowest BCUT2D eigenvalue weighted by Crippen LogP contribution is -2.13. The summed E-state index contributed by atoms with van der Waals surface area (Å²) >= 11 is 0. The second kappa shape index (κ2) is 8.45. The van der Waals surface area contributed by atoms with Crippen LogP contribution >= 0.6 is 0 Å². The number of anilines is 4. The lowest BCUT2D eigenvalue weighted by Gasteiger charge is -2.16. The van der Waals surface area contributed by atoms with Crippen LogP contribution in [0.5, 0.6) is 0 Å². The number of nitrogens with one attached hydrogen (secondary N) is 4. The van der Waals surface area contributed by atoms with E-state index in [2.05, 4.69) is 36.1 Å². The molecule has 0 unspecified atom stereocenters. The average Bonchev–Trinajstić information content (AvgIpc) is 3.05. The summed E-state index contributed by atoms with van der Waals surface area (Å²) in [5.74, 6) is 1.85. The van der Waals surface area contributed by atoms with Crippen molar-refractivity contribution in [2.24, 2.45) is 0 Å². The van der Waals surface area contributed by atoms with Gasteiger partial charge in [0.2, 0.25) is 5.95 Å². The van der Waals surface area contributed by atoms with Gasteiger partial charge < -0.3 is 21.1 Å². The SMILES string of the molecule is Cc1cc(Nc2cc(NCCO)nc(N[C@@H](C)c3ccc(F)cc3)n2)n[nH]1. The number of benzene rings is 1. The van der Waals surface area contributed by atoms with Crippen molar-refractivity contribution in [3.05, 3.63) is 53.5 Å². The summed E-state index contributed by atoms with van der Waals surface area (Å²) in [6.07, 6.45) is 0. The van der Waals surface area contributed by atoms with Crippen LogP contribution in [0.1, 0.15) is 24.2 Å². The van der Waals surface area contributed by atoms with E-state index in [0.717, 1.165) is 11.3 Å². The van der Waals surface area contributed by atoms with Crippen molar-refractivity contribution in [1.29, 1.82) is 0 Å². The van der Waals surface area contributed by atoms with Gasteiger partial charge in [0.25, 0.3) is 0 Å². The smallest absolute Gasteiger partial charge is 0.227 e. The number of aromatic amines is 1. The standard InChI is InChI=1S/C18H22FN7O/c1-11-9-17(26-25-11)22-16-10-15(20-7-8-27)23-18(24-16)21-12(2)13-3-5-14(19)6-4-13/h3-6,9-10,12,27H,7-8H2,1-2H3,(H4,20,21,22,23,24,25,26)/t12-/m0/s1. The van der Waals surface area contributed by atoms with E-state index < -0.39 is 0 Å². The van der Waals surface area contributed by atoms with Crippen molar-refractivity contribution < 1.29 is 9.50 Å². The van der Waals surface area contributed by atoms with Gasteiger partial charge in [0, 0.05) is 24.4 Å². The van der Waals surface area contributed by atoms with E-state index in [1.54, 1.807) is 18.2 Å². The van der Waals surface area contributed by atoms with Crippen LogP contribution in [0.4, 0.5) is 27.8 Å². The Kier molecular flexibility index (Phi) is 5.82. The number of aryl methyl sites for hydroxylation is 1. The van der Waals surface area contributed by atoms with Crippen molar-refractivity contribution in [2.75, 3.05) is 29.1 Å². The molecule has 3 rings (SSSR count). The van der Waals surface area contributed by atoms with Crippen LogP contribution < -0.4 is 16.0 Å². The first-order valence-corrected chi connectivity index (χ1v) is 8.58. The molecule has 0 aliphatic heterocycles. The molecule has 0 bridgehead atoms. The Labute approximate surface area is 156 Å². The van der Waals surface area contributed by atoms with Crippen LogP contribution in [0.3, 0.4) is 0 Å². The van der Waals surface area contributed by atoms with E-state index >= 15 is 0 Å². The minimum Gasteiger partial charge on any atom is -0.395 e. The maximum atomic E-state index is 13.1. The molecule has 8 nitrogen and oxygen atoms in total. The molecule has 0 saturated heterocycles. The Morgan fingerprint density at radius 1 is 1.11 bits per heavy atom. The second-order valence-corrected chi connectivity index (χ2v) is 6.09. The number of H-pyrrole nitrogens is 1. The van der Waals surface area contributed by atoms with Gasteiger partial charge in [-0.05, 0) is 31.5 Å². The summed E-state index contributed by atoms with van der Waals surface area (Å²) in [6.45, 7) is 4.20. The largest absolute Gasteiger partial charge is 0.395 e. The number of aliphatic hydroxyl groups excluding tert-OH is 1. The van der Waals surface area contributed by atoms with Crippen molar-refractivity contribution in [2.45, 2.75) is 19.9 Å². The molecule has 0 aliphatic carbocycles. The van der Waals surface area contributed by atoms with Gasteiger partial charge in [-0.2, -0.15) is 15.1 Å². The molecule has 3 aromatic rings. The Bertz CT molecular complexity index is 882. The molecule has 9 heteroatoms. The number of aliphatic hydroxyl groups is 1. The zero-order chi connectivity index (χ0) is 19.2. The average molecular weight is 371 g/mol. The first-order valence-electron chi connectivity index (χ1n) is 8.58. The molecular weight excluding hydrogens is 349 g/mol. The Morgan fingerprint density at radius 3 is 2.52 bits per heavy atom. The van der Waals surface area contributed by atoms with Crippen molar-refractivity contribution >= 4 is 23.4 Å². The Hall–Kier alpha value is -3.20. The highest BCUT2D eigenvalue weighted by Crippen LogP contribution is 2.22. The highest BCUT2D eigenvalue weighted by atomic mass is 19.1. The summed E-state index contributed by atoms with van der Waals surface area (Å²) in [5.41, 5.74) is 1.83. The molecule has 0 aliphatic rings. The maximum absolute atomic E-state index is 13.1. The van der Waals surface area contributed by atoms with Gasteiger partial charge in [0.15, 0.2) is 5.82 Å². The van der Waals surface area contributed by atoms with Crippen LogP contribution in [-0.4, -0.2) is 38.4 Å². The van der Waals surface area contributed by atoms with Crippen LogP contribution in [0.2, 0.25) is 0 Å². The summed E-state index contributed by atoms with van der Waals surface area (Å²) in [7, 11) is 0. The molecule has 0 amide bonds. The normalized spacial score (nSPS) is 11.9. The Balaban J connectivity index is 1.81. The minimum absolute atomic E-state index is 0.0138. The van der Waals surface area contributed by atoms with Gasteiger partial charge in [-0.25, -0.2) is 4.39 Å². The van der Waals surface area contributed by atoms with Crippen LogP contribution in [0.25, 0.3) is 0 Å². The minimum atomic E-state index is -0.279. The van der Waals surface area contributed by atoms with Gasteiger partial charge in [0.05, 0.1) is 12.6 Å². The van der Waals surface area contributed by atoms with Gasteiger partial charge in [-0.15, -0.1) is 0 Å². The van der Waals surface area contributed by atoms with E-state index in [1.807, 2.05) is 19.9 Å². The Morgan fingerprint density at radius 2 is 1.85 bits per heavy atom. The summed E-state index contributed by atoms with van der Waals surface area (Å²) in [5, 5.41) is 25.4. The zero-order valence-corrected chi connectivity index (χ0v) is 15.1. The number of halogens is 1. The zero-order valence-electron chi connectivity index (χ0n) is 15.1. The van der Waals surface area contributed by atoms with Crippen molar-refractivity contribution in [3.63, 3.8) is 0 Å². The predicted molar refractivity (Wildman–Crippen MR) is 103 cm³/mol. The van der Waals surface area contributed by atoms with E-state index in [4.69, 9.17) is 5.11 Å². The van der Waals surface area contributed by atoms with Gasteiger partial charge >= 0.3 is 0 Å². The lowest BCUT2D eigenvalue weighted by atomic mass is 10.1. The van der Waals surface area contributed by atoms with E-state index in [9.17, 15) is 4.39 Å². The van der Waals surface area contributed by atoms with Crippen LogP contribution in [0.15, 0.2) is 36.4 Å². The molecule has 27 heavy (non-hydrogen) atoms. The maximum Gasteiger partial charge on any atom is 0.227 e. The quantitative estimate of drug-likeness (QED) is 0.414. The monoisotopic (exact) mass is 371 g/mol. The van der Waals surface area contributed by atoms with Crippen molar-refractivity contribution in [3.8, 4) is 0 Å². The van der Waals surface area contributed by atoms with Crippen molar-refractivity contribution in [1.82, 2.24) is 20.2 Å². The first kappa shape index (κ1) is 18.6. The molecule has 0 saturated carbocycles. The van der Waals surface area contributed by atoms with Crippen LogP contribution in [0, 0.1) is 12.7 Å². The molecule has 5 N–H and O–H groups in total. The fourth-order valence-electron chi connectivity index (χ4n) is 2.49. The fraction of sp³-hybridized carbons (Fsp3) is 0.278. The molecule has 2 aromatic heterocycles. The molecule has 0 radical (unpaired) electrons. The fourth-order valence-corrected chi connectivity index (χ4v) is 2.49. The molecule has 0 fully saturated rings. The topological polar surface area (TPSA) is 111 Å². The number of hydrogen-bond acceptors (Lipinski definition) is 7. The summed E-state index contributed by atoms with van der Waals surface area (Å²) < 4.78 is 13.1. The highest BCUT2D eigenvalue weighted by Gasteiger charge is 2.11. The predicted octanol–water partition coefficient (Wildman–Crippen LogP) is 2.97. The highest BCUT2D eigenvalue weighted by molar-refractivity contribution is 5.59.